The lowest BCUT2D eigenvalue weighted by Gasteiger charge is -2.14. The van der Waals surface area contributed by atoms with Gasteiger partial charge in [0.15, 0.2) is 0 Å². The summed E-state index contributed by atoms with van der Waals surface area (Å²) in [5.41, 5.74) is 1.20. The number of nitrogens with zero attached hydrogens (tertiary/aromatic N) is 3. The molecule has 3 aromatic rings. The van der Waals surface area contributed by atoms with Gasteiger partial charge in [-0.05, 0) is 48.4 Å². The molecule has 142 valence electrons. The van der Waals surface area contributed by atoms with E-state index in [0.29, 0.717) is 29.3 Å². The van der Waals surface area contributed by atoms with Gasteiger partial charge >= 0.3 is 6.03 Å². The van der Waals surface area contributed by atoms with E-state index in [0.717, 1.165) is 6.54 Å². The smallest absolute Gasteiger partial charge is 0.319 e. The summed E-state index contributed by atoms with van der Waals surface area (Å²) < 4.78 is 7.61. The summed E-state index contributed by atoms with van der Waals surface area (Å²) in [6.07, 6.45) is 3.63. The number of anilines is 1. The van der Waals surface area contributed by atoms with Crippen LogP contribution in [0.1, 0.15) is 12.5 Å². The Balaban J connectivity index is 1.50. The Morgan fingerprint density at radius 2 is 2.04 bits per heavy atom. The van der Waals surface area contributed by atoms with Crippen LogP contribution in [0.3, 0.4) is 0 Å². The van der Waals surface area contributed by atoms with Gasteiger partial charge in [-0.3, -0.25) is 4.68 Å². The van der Waals surface area contributed by atoms with E-state index in [1.165, 1.54) is 0 Å². The van der Waals surface area contributed by atoms with Gasteiger partial charge in [0, 0.05) is 37.2 Å². The molecule has 0 bridgehead atoms. The molecule has 7 nitrogen and oxygen atoms in total. The van der Waals surface area contributed by atoms with Gasteiger partial charge in [0.2, 0.25) is 0 Å². The molecule has 0 fully saturated rings. The van der Waals surface area contributed by atoms with E-state index < -0.39 is 0 Å². The van der Waals surface area contributed by atoms with Crippen LogP contribution >= 0.6 is 0 Å². The van der Waals surface area contributed by atoms with Crippen molar-refractivity contribution in [2.45, 2.75) is 13.5 Å². The molecular formula is C21H21N5O2. The van der Waals surface area contributed by atoms with E-state index in [4.69, 9.17) is 10.00 Å². The van der Waals surface area contributed by atoms with Gasteiger partial charge in [-0.1, -0.05) is 13.0 Å². The molecule has 0 saturated carbocycles. The fraction of sp³-hybridized carbons (Fsp3) is 0.190. The number of benzene rings is 2. The number of hydrogen-bond donors (Lipinski definition) is 2. The first-order valence-electron chi connectivity index (χ1n) is 8.93. The van der Waals surface area contributed by atoms with Crippen LogP contribution in [-0.2, 0) is 6.54 Å². The van der Waals surface area contributed by atoms with E-state index in [1.807, 2.05) is 23.9 Å². The number of ether oxygens (including phenoxy) is 1. The quantitative estimate of drug-likeness (QED) is 0.653. The third-order valence-electron chi connectivity index (χ3n) is 3.98. The molecule has 0 saturated heterocycles. The standard InChI is InChI=1S/C21H21N5O2/c1-16(15-26-11-3-10-24-26)14-23-21(27)25-18-4-2-5-20(12-18)28-19-8-6-17(13-22)7-9-19/h2-12,16H,14-15H2,1H3,(H2,23,25,27)/t16-/m0/s1. The van der Waals surface area contributed by atoms with Crippen molar-refractivity contribution in [1.82, 2.24) is 15.1 Å². The first-order chi connectivity index (χ1) is 13.6. The molecule has 1 aromatic heterocycles. The van der Waals surface area contributed by atoms with Gasteiger partial charge < -0.3 is 15.4 Å². The van der Waals surface area contributed by atoms with E-state index in [2.05, 4.69) is 21.8 Å². The maximum absolute atomic E-state index is 12.1. The topological polar surface area (TPSA) is 92.0 Å². The maximum Gasteiger partial charge on any atom is 0.319 e. The monoisotopic (exact) mass is 375 g/mol. The molecule has 2 aromatic carbocycles. The summed E-state index contributed by atoms with van der Waals surface area (Å²) in [6, 6.07) is 17.6. The molecule has 0 radical (unpaired) electrons. The summed E-state index contributed by atoms with van der Waals surface area (Å²) in [5.74, 6) is 1.46. The normalized spacial score (nSPS) is 11.3. The maximum atomic E-state index is 12.1. The van der Waals surface area contributed by atoms with Crippen LogP contribution in [0.25, 0.3) is 0 Å². The lowest BCUT2D eigenvalue weighted by Crippen LogP contribution is -2.33. The van der Waals surface area contributed by atoms with Gasteiger partial charge in [-0.25, -0.2) is 4.79 Å². The van der Waals surface area contributed by atoms with Gasteiger partial charge in [-0.2, -0.15) is 10.4 Å². The number of aromatic nitrogens is 2. The van der Waals surface area contributed by atoms with Crippen LogP contribution in [0, 0.1) is 17.2 Å². The fourth-order valence-corrected chi connectivity index (χ4v) is 2.61. The van der Waals surface area contributed by atoms with Crippen molar-refractivity contribution in [3.8, 4) is 17.6 Å². The highest BCUT2D eigenvalue weighted by atomic mass is 16.5. The number of carbonyl (C=O) groups is 1. The fourth-order valence-electron chi connectivity index (χ4n) is 2.61. The van der Waals surface area contributed by atoms with Gasteiger partial charge in [-0.15, -0.1) is 0 Å². The van der Waals surface area contributed by atoms with Crippen molar-refractivity contribution >= 4 is 11.7 Å². The SMILES string of the molecule is C[C@@H](CNC(=O)Nc1cccc(Oc2ccc(C#N)cc2)c1)Cn1cccn1. The summed E-state index contributed by atoms with van der Waals surface area (Å²) in [7, 11) is 0. The summed E-state index contributed by atoms with van der Waals surface area (Å²) in [4.78, 5) is 12.1. The minimum Gasteiger partial charge on any atom is -0.457 e. The highest BCUT2D eigenvalue weighted by molar-refractivity contribution is 5.89. The number of amides is 2. The average molecular weight is 375 g/mol. The van der Waals surface area contributed by atoms with Crippen LogP contribution in [0.4, 0.5) is 10.5 Å². The third-order valence-corrected chi connectivity index (χ3v) is 3.98. The molecule has 1 atom stereocenters. The molecule has 2 N–H and O–H groups in total. The third kappa shape index (κ3) is 5.61. The lowest BCUT2D eigenvalue weighted by atomic mass is 10.2. The largest absolute Gasteiger partial charge is 0.457 e. The van der Waals surface area contributed by atoms with Crippen LogP contribution < -0.4 is 15.4 Å². The van der Waals surface area contributed by atoms with Crippen molar-refractivity contribution < 1.29 is 9.53 Å². The summed E-state index contributed by atoms with van der Waals surface area (Å²) >= 11 is 0. The number of hydrogen-bond acceptors (Lipinski definition) is 4. The number of carbonyl (C=O) groups excluding carboxylic acids is 1. The minimum atomic E-state index is -0.275. The molecule has 0 aliphatic carbocycles. The van der Waals surface area contributed by atoms with Crippen molar-refractivity contribution in [2.75, 3.05) is 11.9 Å². The number of rotatable bonds is 7. The van der Waals surface area contributed by atoms with Crippen LogP contribution in [0.2, 0.25) is 0 Å². The molecule has 0 spiro atoms. The summed E-state index contributed by atoms with van der Waals surface area (Å²) in [5, 5.41) is 18.7. The Bertz CT molecular complexity index is 946. The second-order valence-corrected chi connectivity index (χ2v) is 6.43. The van der Waals surface area contributed by atoms with Crippen LogP contribution in [0.15, 0.2) is 67.0 Å². The molecule has 1 heterocycles. The zero-order valence-corrected chi connectivity index (χ0v) is 15.5. The molecule has 0 aliphatic heterocycles. The Kier molecular flexibility index (Phi) is 6.26. The van der Waals surface area contributed by atoms with Crippen molar-refractivity contribution in [2.24, 2.45) is 5.92 Å². The number of urea groups is 1. The molecule has 3 rings (SSSR count). The van der Waals surface area contributed by atoms with E-state index in [1.54, 1.807) is 54.7 Å². The van der Waals surface area contributed by atoms with Crippen molar-refractivity contribution in [1.29, 1.82) is 5.26 Å². The highest BCUT2D eigenvalue weighted by Crippen LogP contribution is 2.24. The molecule has 28 heavy (non-hydrogen) atoms. The Labute approximate surface area is 163 Å². The molecule has 2 amide bonds. The minimum absolute atomic E-state index is 0.247. The van der Waals surface area contributed by atoms with E-state index in [9.17, 15) is 4.79 Å². The average Bonchev–Trinajstić information content (AvgIpc) is 3.20. The van der Waals surface area contributed by atoms with Gasteiger partial charge in [0.1, 0.15) is 11.5 Å². The Morgan fingerprint density at radius 3 is 2.75 bits per heavy atom. The first-order valence-corrected chi connectivity index (χ1v) is 8.93. The predicted octanol–water partition coefficient (Wildman–Crippen LogP) is 4.00. The summed E-state index contributed by atoms with van der Waals surface area (Å²) in [6.45, 7) is 3.32. The molecule has 0 unspecified atom stereocenters. The highest BCUT2D eigenvalue weighted by Gasteiger charge is 2.08. The van der Waals surface area contributed by atoms with E-state index in [-0.39, 0.29) is 11.9 Å². The zero-order chi connectivity index (χ0) is 19.8. The number of nitriles is 1. The van der Waals surface area contributed by atoms with Gasteiger partial charge in [0.05, 0.1) is 11.6 Å². The molecular weight excluding hydrogens is 354 g/mol. The van der Waals surface area contributed by atoms with Crippen molar-refractivity contribution in [3.63, 3.8) is 0 Å². The van der Waals surface area contributed by atoms with E-state index >= 15 is 0 Å². The van der Waals surface area contributed by atoms with Crippen LogP contribution in [0.5, 0.6) is 11.5 Å². The van der Waals surface area contributed by atoms with Crippen LogP contribution in [-0.4, -0.2) is 22.4 Å². The predicted molar refractivity (Wildman–Crippen MR) is 106 cm³/mol. The second-order valence-electron chi connectivity index (χ2n) is 6.43. The lowest BCUT2D eigenvalue weighted by molar-refractivity contribution is 0.249. The van der Waals surface area contributed by atoms with Gasteiger partial charge in [0.25, 0.3) is 0 Å². The molecule has 0 aliphatic rings. The second kappa shape index (κ2) is 9.24. The Hall–Kier alpha value is -3.79. The first kappa shape index (κ1) is 19.0. The zero-order valence-electron chi connectivity index (χ0n) is 15.5. The molecule has 7 heteroatoms. The number of nitrogens with one attached hydrogen (secondary N) is 2. The Morgan fingerprint density at radius 1 is 1.21 bits per heavy atom. The van der Waals surface area contributed by atoms with Crippen molar-refractivity contribution in [3.05, 3.63) is 72.6 Å².